The van der Waals surface area contributed by atoms with E-state index in [1.807, 2.05) is 30.3 Å². The molecule has 5 rings (SSSR count). The molecule has 1 aliphatic rings. The number of aromatic hydroxyl groups is 1. The van der Waals surface area contributed by atoms with Crippen LogP contribution in [0.25, 0.3) is 10.9 Å². The number of phenolic OH excluding ortho intramolecular Hbond substituents is 1. The molecule has 228 valence electrons. The number of hydrogen-bond donors (Lipinski definition) is 1. The number of hydrogen-bond acceptors (Lipinski definition) is 6. The summed E-state index contributed by atoms with van der Waals surface area (Å²) in [7, 11) is 0. The van der Waals surface area contributed by atoms with E-state index in [1.54, 1.807) is 53.7 Å². The van der Waals surface area contributed by atoms with Gasteiger partial charge >= 0.3 is 12.2 Å². The van der Waals surface area contributed by atoms with Gasteiger partial charge in [-0.3, -0.25) is 9.47 Å². The maximum atomic E-state index is 14.7. The van der Waals surface area contributed by atoms with Gasteiger partial charge < -0.3 is 19.3 Å². The Hall–Kier alpha value is -4.60. The smallest absolute Gasteiger partial charge is 0.418 e. The van der Waals surface area contributed by atoms with Crippen molar-refractivity contribution in [2.45, 2.75) is 65.8 Å². The lowest BCUT2D eigenvalue weighted by Gasteiger charge is -2.24. The highest BCUT2D eigenvalue weighted by Crippen LogP contribution is 2.35. The molecule has 0 aliphatic carbocycles. The van der Waals surface area contributed by atoms with E-state index in [1.165, 1.54) is 33.9 Å². The number of ether oxygens (including phenoxy) is 3. The van der Waals surface area contributed by atoms with Crippen LogP contribution in [0.1, 0.15) is 52.7 Å². The summed E-state index contributed by atoms with van der Waals surface area (Å²) in [5, 5.41) is 9.60. The number of carbonyl (C=O) groups excluding carboxylic acids is 2. The molecule has 0 saturated heterocycles. The molecule has 1 amide bonds. The molecule has 0 unspecified atom stereocenters. The van der Waals surface area contributed by atoms with Gasteiger partial charge in [-0.25, -0.2) is 18.4 Å². The van der Waals surface area contributed by atoms with Gasteiger partial charge in [-0.05, 0) is 83.9 Å². The minimum absolute atomic E-state index is 0.151. The summed E-state index contributed by atoms with van der Waals surface area (Å²) >= 11 is 0. The largest absolute Gasteiger partial charge is 0.505 e. The van der Waals surface area contributed by atoms with Crippen LogP contribution in [0, 0.1) is 11.6 Å². The van der Waals surface area contributed by atoms with Crippen LogP contribution >= 0.6 is 0 Å². The number of halogens is 2. The summed E-state index contributed by atoms with van der Waals surface area (Å²) < 4.78 is 45.8. The van der Waals surface area contributed by atoms with E-state index in [4.69, 9.17) is 14.2 Å². The monoisotopic (exact) mass is 594 g/mol. The van der Waals surface area contributed by atoms with Crippen molar-refractivity contribution < 1.29 is 37.7 Å². The van der Waals surface area contributed by atoms with Gasteiger partial charge in [0, 0.05) is 23.7 Å². The molecule has 0 fully saturated rings. The van der Waals surface area contributed by atoms with Crippen LogP contribution in [0.4, 0.5) is 24.1 Å². The minimum Gasteiger partial charge on any atom is -0.505 e. The molecule has 1 aromatic heterocycles. The van der Waals surface area contributed by atoms with Gasteiger partial charge in [-0.15, -0.1) is 0 Å². The third kappa shape index (κ3) is 7.63. The molecule has 0 radical (unpaired) electrons. The number of amides is 1. The maximum Gasteiger partial charge on any atom is 0.418 e. The van der Waals surface area contributed by atoms with Crippen LogP contribution in [0.3, 0.4) is 0 Å². The first-order valence-electron chi connectivity index (χ1n) is 13.8. The van der Waals surface area contributed by atoms with Gasteiger partial charge in [-0.1, -0.05) is 30.3 Å². The lowest BCUT2D eigenvalue weighted by molar-refractivity contribution is 0.0541. The van der Waals surface area contributed by atoms with Gasteiger partial charge in [-0.2, -0.15) is 0 Å². The van der Waals surface area contributed by atoms with Crippen molar-refractivity contribution in [2.75, 3.05) is 11.4 Å². The third-order valence-electron chi connectivity index (χ3n) is 6.29. The lowest BCUT2D eigenvalue weighted by Crippen LogP contribution is -2.35. The van der Waals surface area contributed by atoms with E-state index >= 15 is 0 Å². The number of aromatic nitrogens is 1. The van der Waals surface area contributed by atoms with Crippen molar-refractivity contribution in [3.63, 3.8) is 0 Å². The summed E-state index contributed by atoms with van der Waals surface area (Å²) in [5.74, 6) is -1.38. The van der Waals surface area contributed by atoms with Crippen molar-refractivity contribution in [3.8, 4) is 11.5 Å². The average Bonchev–Trinajstić information content (AvgIpc) is 3.55. The highest BCUT2D eigenvalue weighted by molar-refractivity contribution is 5.91. The first kappa shape index (κ1) is 31.3. The number of carbonyl (C=O) groups is 2. The van der Waals surface area contributed by atoms with E-state index in [0.29, 0.717) is 35.1 Å². The van der Waals surface area contributed by atoms with Crippen LogP contribution in [0.5, 0.6) is 11.5 Å². The predicted octanol–water partition coefficient (Wildman–Crippen LogP) is 7.97. The molecule has 1 aliphatic heterocycles. The topological polar surface area (TPSA) is 90.2 Å². The van der Waals surface area contributed by atoms with Crippen molar-refractivity contribution in [1.29, 1.82) is 0 Å². The fraction of sp³-hybridized carbons (Fsp3) is 0.333. The summed E-state index contributed by atoms with van der Waals surface area (Å²) in [6.45, 7) is 11.3. The zero-order chi connectivity index (χ0) is 31.5. The van der Waals surface area contributed by atoms with Crippen LogP contribution in [0.2, 0.25) is 0 Å². The Morgan fingerprint density at radius 2 is 1.49 bits per heavy atom. The number of phenols is 1. The van der Waals surface area contributed by atoms with Crippen LogP contribution < -0.4 is 9.64 Å². The van der Waals surface area contributed by atoms with Crippen LogP contribution in [-0.4, -0.2) is 39.6 Å². The summed E-state index contributed by atoms with van der Waals surface area (Å²) in [6.07, 6.45) is 0.851. The van der Waals surface area contributed by atoms with Crippen molar-refractivity contribution in [2.24, 2.45) is 0 Å². The average molecular weight is 595 g/mol. The van der Waals surface area contributed by atoms with E-state index in [0.717, 1.165) is 5.56 Å². The quantitative estimate of drug-likeness (QED) is 0.259. The van der Waals surface area contributed by atoms with E-state index in [-0.39, 0.29) is 18.1 Å². The Labute approximate surface area is 249 Å². The van der Waals surface area contributed by atoms with Crippen molar-refractivity contribution >= 4 is 28.8 Å². The Bertz CT molecular complexity index is 1620. The number of anilines is 1. The highest BCUT2D eigenvalue weighted by Gasteiger charge is 2.31. The normalized spacial score (nSPS) is 12.8. The Morgan fingerprint density at radius 3 is 2.14 bits per heavy atom. The van der Waals surface area contributed by atoms with Crippen molar-refractivity contribution in [1.82, 2.24) is 4.57 Å². The van der Waals surface area contributed by atoms with Gasteiger partial charge in [0.2, 0.25) is 0 Å². The summed E-state index contributed by atoms with van der Waals surface area (Å²) in [5.41, 5.74) is 1.02. The fourth-order valence-electron chi connectivity index (χ4n) is 4.42. The second-order valence-electron chi connectivity index (χ2n) is 12.0. The van der Waals surface area contributed by atoms with E-state index < -0.39 is 35.0 Å². The molecular weight excluding hydrogens is 558 g/mol. The van der Waals surface area contributed by atoms with E-state index in [9.17, 15) is 23.5 Å². The molecule has 0 spiro atoms. The molecule has 4 aromatic rings. The molecule has 0 bridgehead atoms. The van der Waals surface area contributed by atoms with Gasteiger partial charge in [0.05, 0.1) is 11.2 Å². The van der Waals surface area contributed by atoms with Gasteiger partial charge in [0.25, 0.3) is 0 Å². The molecular formula is C33H36F2N2O6. The third-order valence-corrected chi connectivity index (χ3v) is 6.29. The minimum atomic E-state index is -0.654. The second kappa shape index (κ2) is 12.3. The second-order valence-corrected chi connectivity index (χ2v) is 12.0. The van der Waals surface area contributed by atoms with Gasteiger partial charge in [0.1, 0.15) is 17.8 Å². The summed E-state index contributed by atoms with van der Waals surface area (Å²) in [4.78, 5) is 25.6. The van der Waals surface area contributed by atoms with Crippen LogP contribution in [0.15, 0.2) is 66.9 Å². The Morgan fingerprint density at radius 1 is 0.837 bits per heavy atom. The number of benzene rings is 3. The Balaban J connectivity index is 0.000000208. The SMILES string of the molecule is CC(C)(C)OC(=O)N1CCc2c1ccc(O)c2F.CC(C)(C)OC(=O)n1ccc2c(F)c(OCc3ccccc3)ccc21. The predicted molar refractivity (Wildman–Crippen MR) is 160 cm³/mol. The summed E-state index contributed by atoms with van der Waals surface area (Å²) in [6, 6.07) is 17.0. The standard InChI is InChI=1S/C20H20FNO3.C13H16FNO3/c1-20(2,3)25-19(23)22-12-11-15-16(22)9-10-17(18(15)21)24-13-14-7-5-4-6-8-14;1-13(2,3)18-12(17)15-7-6-8-9(15)4-5-10(16)11(8)14/h4-12H,13H2,1-3H3;4-5,16H,6-7H2,1-3H3. The zero-order valence-electron chi connectivity index (χ0n) is 25.1. The first-order valence-corrected chi connectivity index (χ1v) is 13.8. The molecule has 0 saturated carbocycles. The maximum absolute atomic E-state index is 14.7. The van der Waals surface area contributed by atoms with Crippen LogP contribution in [-0.2, 0) is 22.5 Å². The number of fused-ring (bicyclic) bond motifs is 2. The molecule has 10 heteroatoms. The Kier molecular flexibility index (Phi) is 8.98. The van der Waals surface area contributed by atoms with Gasteiger partial charge in [0.15, 0.2) is 23.1 Å². The fourth-order valence-corrected chi connectivity index (χ4v) is 4.42. The van der Waals surface area contributed by atoms with Crippen molar-refractivity contribution in [3.05, 3.63) is 89.6 Å². The molecule has 8 nitrogen and oxygen atoms in total. The lowest BCUT2D eigenvalue weighted by atomic mass is 10.1. The molecule has 2 heterocycles. The first-order chi connectivity index (χ1) is 20.1. The molecule has 1 N–H and O–H groups in total. The molecule has 3 aromatic carbocycles. The highest BCUT2D eigenvalue weighted by atomic mass is 19.1. The number of nitrogens with zero attached hydrogens (tertiary/aromatic N) is 2. The number of rotatable bonds is 3. The van der Waals surface area contributed by atoms with E-state index in [2.05, 4.69) is 0 Å². The zero-order valence-corrected chi connectivity index (χ0v) is 25.1. The molecule has 43 heavy (non-hydrogen) atoms. The molecule has 0 atom stereocenters.